The Morgan fingerprint density at radius 1 is 1.25 bits per heavy atom. The van der Waals surface area contributed by atoms with Crippen molar-refractivity contribution in [2.24, 2.45) is 0 Å². The minimum atomic E-state index is -1.25. The quantitative estimate of drug-likeness (QED) is 0.865. The van der Waals surface area contributed by atoms with E-state index in [1.54, 1.807) is 23.2 Å². The molecular weight excluding hydrogens is 321 g/mol. The summed E-state index contributed by atoms with van der Waals surface area (Å²) in [6, 6.07) is 4.19. The van der Waals surface area contributed by atoms with Crippen LogP contribution in [-0.2, 0) is 0 Å². The monoisotopic (exact) mass is 335 g/mol. The third-order valence-corrected chi connectivity index (χ3v) is 3.04. The van der Waals surface area contributed by atoms with Gasteiger partial charge >= 0.3 is 11.7 Å². The molecule has 2 aromatic rings. The summed E-state index contributed by atoms with van der Waals surface area (Å²) in [4.78, 5) is 36.0. The van der Waals surface area contributed by atoms with Gasteiger partial charge in [0.25, 0.3) is 5.56 Å². The lowest BCUT2D eigenvalue weighted by atomic mass is 10.1. The zero-order valence-electron chi connectivity index (χ0n) is 12.8. The van der Waals surface area contributed by atoms with Crippen LogP contribution in [0, 0.1) is 5.82 Å². The number of nitrogens with one attached hydrogen (secondary N) is 2. The lowest BCUT2D eigenvalue weighted by molar-refractivity contribution is 0.244. The van der Waals surface area contributed by atoms with E-state index in [4.69, 9.17) is 9.47 Å². The van der Waals surface area contributed by atoms with Crippen molar-refractivity contribution in [1.82, 2.24) is 14.9 Å². The van der Waals surface area contributed by atoms with E-state index in [0.29, 0.717) is 27.8 Å². The van der Waals surface area contributed by atoms with Crippen LogP contribution in [0.25, 0.3) is 6.08 Å². The molecule has 0 fully saturated rings. The molecule has 126 valence electrons. The zero-order valence-corrected chi connectivity index (χ0v) is 12.8. The number of carbonyl (C=O) groups excluding carboxylic acids is 1. The second-order valence-corrected chi connectivity index (χ2v) is 4.47. The number of hydrogen-bond acceptors (Lipinski definition) is 5. The highest BCUT2D eigenvalue weighted by Gasteiger charge is 2.10. The van der Waals surface area contributed by atoms with Crippen LogP contribution in [-0.4, -0.2) is 29.8 Å². The minimum Gasteiger partial charge on any atom is -0.496 e. The fourth-order valence-corrected chi connectivity index (χ4v) is 1.91. The van der Waals surface area contributed by atoms with Gasteiger partial charge in [-0.3, -0.25) is 9.78 Å². The van der Waals surface area contributed by atoms with Gasteiger partial charge in [0.15, 0.2) is 0 Å². The summed E-state index contributed by atoms with van der Waals surface area (Å²) in [6.07, 6.45) is 3.23. The highest BCUT2D eigenvalue weighted by molar-refractivity contribution is 5.78. The number of H-pyrrole nitrogens is 1. The van der Waals surface area contributed by atoms with Crippen LogP contribution in [0.4, 0.5) is 9.18 Å². The molecule has 0 atom stereocenters. The van der Waals surface area contributed by atoms with E-state index in [-0.39, 0.29) is 0 Å². The van der Waals surface area contributed by atoms with Crippen LogP contribution >= 0.6 is 0 Å². The molecule has 1 aromatic heterocycles. The maximum atomic E-state index is 13.2. The minimum absolute atomic E-state index is 0.403. The first-order valence-corrected chi connectivity index (χ1v) is 6.67. The van der Waals surface area contributed by atoms with Crippen LogP contribution in [0.3, 0.4) is 0 Å². The lowest BCUT2D eigenvalue weighted by Crippen LogP contribution is -2.39. The van der Waals surface area contributed by atoms with Gasteiger partial charge in [-0.1, -0.05) is 6.07 Å². The number of carbonyl (C=O) groups is 1. The van der Waals surface area contributed by atoms with Gasteiger partial charge in [-0.25, -0.2) is 14.2 Å². The Kier molecular flexibility index (Phi) is 5.15. The van der Waals surface area contributed by atoms with Gasteiger partial charge in [-0.05, 0) is 18.2 Å². The molecule has 0 saturated heterocycles. The number of hydrogen-bond donors (Lipinski definition) is 2. The molecule has 8 nitrogen and oxygen atoms in total. The van der Waals surface area contributed by atoms with E-state index in [0.717, 1.165) is 0 Å². The van der Waals surface area contributed by atoms with E-state index >= 15 is 0 Å². The van der Waals surface area contributed by atoms with Crippen LogP contribution in [0.1, 0.15) is 5.56 Å². The van der Waals surface area contributed by atoms with Crippen LogP contribution in [0.2, 0.25) is 0 Å². The number of benzene rings is 1. The van der Waals surface area contributed by atoms with Gasteiger partial charge in [0.2, 0.25) is 5.82 Å². The van der Waals surface area contributed by atoms with Gasteiger partial charge in [-0.2, -0.15) is 4.39 Å². The van der Waals surface area contributed by atoms with Crippen molar-refractivity contribution in [2.75, 3.05) is 14.2 Å². The molecule has 24 heavy (non-hydrogen) atoms. The molecule has 2 rings (SSSR count). The second kappa shape index (κ2) is 7.27. The number of methoxy groups -OCH3 is 2. The molecule has 0 saturated carbocycles. The largest absolute Gasteiger partial charge is 0.496 e. The van der Waals surface area contributed by atoms with E-state index in [1.165, 1.54) is 26.5 Å². The number of ether oxygens (including phenoxy) is 2. The normalized spacial score (nSPS) is 10.6. The average Bonchev–Trinajstić information content (AvgIpc) is 2.57. The lowest BCUT2D eigenvalue weighted by Gasteiger charge is -2.09. The molecule has 2 N–H and O–H groups in total. The van der Waals surface area contributed by atoms with Crippen LogP contribution < -0.4 is 26.0 Å². The van der Waals surface area contributed by atoms with Gasteiger partial charge < -0.3 is 14.8 Å². The highest BCUT2D eigenvalue weighted by Crippen LogP contribution is 2.29. The summed E-state index contributed by atoms with van der Waals surface area (Å²) in [5.74, 6) is -0.237. The van der Waals surface area contributed by atoms with Crippen molar-refractivity contribution in [3.05, 3.63) is 62.8 Å². The predicted octanol–water partition coefficient (Wildman–Crippen LogP) is 0.921. The first-order chi connectivity index (χ1) is 11.5. The van der Waals surface area contributed by atoms with Crippen molar-refractivity contribution in [2.45, 2.75) is 0 Å². The molecular formula is C15H14FN3O5. The summed E-state index contributed by atoms with van der Waals surface area (Å²) >= 11 is 0. The van der Waals surface area contributed by atoms with Gasteiger partial charge in [-0.15, -0.1) is 0 Å². The maximum Gasteiger partial charge on any atom is 0.336 e. The summed E-state index contributed by atoms with van der Waals surface area (Å²) < 4.78 is 24.0. The molecule has 1 heterocycles. The number of amides is 1. The summed E-state index contributed by atoms with van der Waals surface area (Å²) in [5, 5.41) is 2.28. The SMILES string of the molecule is COc1cccc(OC)c1/C=C/NC(=O)n1cc(F)c(=O)[nH]c1=O. The molecule has 0 aliphatic rings. The van der Waals surface area contributed by atoms with Crippen LogP contribution in [0.15, 0.2) is 40.2 Å². The molecule has 0 aliphatic carbocycles. The third-order valence-electron chi connectivity index (χ3n) is 3.04. The third kappa shape index (κ3) is 3.51. The van der Waals surface area contributed by atoms with Crippen molar-refractivity contribution < 1.29 is 18.7 Å². The Labute approximate surface area is 135 Å². The molecule has 0 bridgehead atoms. The van der Waals surface area contributed by atoms with Gasteiger partial charge in [0.05, 0.1) is 26.0 Å². The Morgan fingerprint density at radius 2 is 1.88 bits per heavy atom. The molecule has 1 aromatic carbocycles. The number of nitrogens with zero attached hydrogens (tertiary/aromatic N) is 1. The molecule has 0 aliphatic heterocycles. The number of halogens is 1. The first kappa shape index (κ1) is 17.0. The van der Waals surface area contributed by atoms with E-state index < -0.39 is 23.1 Å². The fraction of sp³-hybridized carbons (Fsp3) is 0.133. The Bertz CT molecular complexity index is 878. The van der Waals surface area contributed by atoms with Crippen molar-refractivity contribution >= 4 is 12.1 Å². The highest BCUT2D eigenvalue weighted by atomic mass is 19.1. The molecule has 0 spiro atoms. The van der Waals surface area contributed by atoms with Gasteiger partial charge in [0, 0.05) is 6.20 Å². The standard InChI is InChI=1S/C15H14FN3O5/c1-23-11-4-3-5-12(24-2)9(11)6-7-17-14(21)19-8-10(16)13(20)18-15(19)22/h3-8H,1-2H3,(H,17,21)(H,18,20,22)/b7-6+. The molecule has 0 radical (unpaired) electrons. The molecule has 1 amide bonds. The second-order valence-electron chi connectivity index (χ2n) is 4.47. The van der Waals surface area contributed by atoms with Crippen LogP contribution in [0.5, 0.6) is 11.5 Å². The Hall–Kier alpha value is -3.36. The average molecular weight is 335 g/mol. The predicted molar refractivity (Wildman–Crippen MR) is 83.8 cm³/mol. The number of rotatable bonds is 4. The molecule has 0 unspecified atom stereocenters. The summed E-state index contributed by atoms with van der Waals surface area (Å²) in [7, 11) is 2.96. The van der Waals surface area contributed by atoms with E-state index in [1.807, 2.05) is 0 Å². The topological polar surface area (TPSA) is 102 Å². The Balaban J connectivity index is 2.24. The number of aromatic nitrogens is 2. The fourth-order valence-electron chi connectivity index (χ4n) is 1.91. The number of aromatic amines is 1. The Morgan fingerprint density at radius 3 is 2.46 bits per heavy atom. The summed E-state index contributed by atoms with van der Waals surface area (Å²) in [6.45, 7) is 0. The first-order valence-electron chi connectivity index (χ1n) is 6.67. The summed E-state index contributed by atoms with van der Waals surface area (Å²) in [5.41, 5.74) is -1.69. The van der Waals surface area contributed by atoms with Crippen molar-refractivity contribution in [3.63, 3.8) is 0 Å². The van der Waals surface area contributed by atoms with Crippen molar-refractivity contribution in [3.8, 4) is 11.5 Å². The van der Waals surface area contributed by atoms with Gasteiger partial charge in [0.1, 0.15) is 11.5 Å². The molecule has 9 heteroatoms. The van der Waals surface area contributed by atoms with E-state index in [9.17, 15) is 18.8 Å². The van der Waals surface area contributed by atoms with Crippen molar-refractivity contribution in [1.29, 1.82) is 0 Å². The maximum absolute atomic E-state index is 13.2. The van der Waals surface area contributed by atoms with E-state index in [2.05, 4.69) is 5.32 Å². The zero-order chi connectivity index (χ0) is 17.7. The smallest absolute Gasteiger partial charge is 0.336 e.